The Morgan fingerprint density at radius 1 is 0.696 bits per heavy atom. The maximum atomic E-state index is 6.96. The minimum atomic E-state index is 0.518. The van der Waals surface area contributed by atoms with Gasteiger partial charge in [-0.1, -0.05) is 84.8 Å². The molecule has 0 saturated carbocycles. The summed E-state index contributed by atoms with van der Waals surface area (Å²) in [4.78, 5) is 2.19. The second-order valence-electron chi connectivity index (χ2n) is 11.0. The van der Waals surface area contributed by atoms with Gasteiger partial charge in [-0.15, -0.1) is 6.58 Å². The zero-order valence-electron chi connectivity index (χ0n) is 26.5. The molecule has 5 nitrogen and oxygen atoms in total. The van der Waals surface area contributed by atoms with Gasteiger partial charge in [0.15, 0.2) is 0 Å². The summed E-state index contributed by atoms with van der Waals surface area (Å²) in [5.41, 5.74) is 9.12. The number of nitrogens with zero attached hydrogens (tertiary/aromatic N) is 3. The van der Waals surface area contributed by atoms with Gasteiger partial charge in [-0.25, -0.2) is 5.01 Å². The molecule has 6 heteroatoms. The molecule has 0 bridgehead atoms. The Morgan fingerprint density at radius 2 is 1.26 bits per heavy atom. The molecule has 0 unspecified atom stereocenters. The normalized spacial score (nSPS) is 11.1. The molecule has 0 saturated heterocycles. The van der Waals surface area contributed by atoms with Crippen LogP contribution in [-0.4, -0.2) is 19.4 Å². The highest BCUT2D eigenvalue weighted by Gasteiger charge is 2.15. The van der Waals surface area contributed by atoms with Gasteiger partial charge in [0.2, 0.25) is 0 Å². The Balaban J connectivity index is 1.45. The molecule has 5 rings (SSSR count). The van der Waals surface area contributed by atoms with Crippen molar-refractivity contribution in [3.05, 3.63) is 161 Å². The number of hydrogen-bond donors (Lipinski definition) is 0. The van der Waals surface area contributed by atoms with Crippen LogP contribution in [0.1, 0.15) is 35.6 Å². The highest BCUT2D eigenvalue weighted by atomic mass is 35.5. The van der Waals surface area contributed by atoms with E-state index in [2.05, 4.69) is 104 Å². The number of hydrogen-bond acceptors (Lipinski definition) is 5. The van der Waals surface area contributed by atoms with Crippen molar-refractivity contribution in [2.45, 2.75) is 33.5 Å². The van der Waals surface area contributed by atoms with E-state index in [0.29, 0.717) is 24.8 Å². The molecule has 0 atom stereocenters. The van der Waals surface area contributed by atoms with Gasteiger partial charge in [0, 0.05) is 29.2 Å². The average Bonchev–Trinajstić information content (AvgIpc) is 3.09. The smallest absolute Gasteiger partial charge is 0.0721 e. The lowest BCUT2D eigenvalue weighted by Crippen LogP contribution is -2.11. The topological polar surface area (TPSA) is 37.3 Å². The van der Waals surface area contributed by atoms with E-state index in [-0.39, 0.29) is 0 Å². The van der Waals surface area contributed by atoms with E-state index in [1.807, 2.05) is 53.7 Å². The van der Waals surface area contributed by atoms with Gasteiger partial charge in [-0.05, 0) is 91.2 Å². The highest BCUT2D eigenvalue weighted by Crippen LogP contribution is 2.37. The first-order valence-corrected chi connectivity index (χ1v) is 15.9. The molecule has 0 amide bonds. The molecule has 5 aromatic carbocycles. The van der Waals surface area contributed by atoms with E-state index in [1.54, 1.807) is 6.08 Å². The zero-order valence-corrected chi connectivity index (χ0v) is 27.2. The Morgan fingerprint density at radius 3 is 1.85 bits per heavy atom. The third kappa shape index (κ3) is 8.73. The predicted octanol–water partition coefficient (Wildman–Crippen LogP) is 10.9. The molecule has 0 heterocycles. The summed E-state index contributed by atoms with van der Waals surface area (Å²) in [5.74, 6) is 0. The Labute approximate surface area is 278 Å². The molecule has 0 aliphatic rings. The monoisotopic (exact) mass is 629 g/mol. The first-order chi connectivity index (χ1) is 22.6. The molecule has 0 spiro atoms. The minimum absolute atomic E-state index is 0.518. The molecule has 0 fully saturated rings. The Kier molecular flexibility index (Phi) is 11.8. The van der Waals surface area contributed by atoms with Gasteiger partial charge in [0.1, 0.15) is 0 Å². The fourth-order valence-corrected chi connectivity index (χ4v) is 5.17. The van der Waals surface area contributed by atoms with E-state index in [0.717, 1.165) is 58.2 Å². The summed E-state index contributed by atoms with van der Waals surface area (Å²) in [6, 6.07) is 41.3. The van der Waals surface area contributed by atoms with E-state index in [9.17, 15) is 0 Å². The standard InChI is InChI=1S/C40H40ClN3O2/c1-4-25-45-29-32-13-20-35(21-14-32)43(36-22-15-33(16-23-36)30-46-26-5-2)39-24-17-34(40(41)27-39)28-42-44(37-9-7-6-8-10-37)38-18-11-31(3)12-19-38/h4,6-24,27-28H,1,5,25-26,29-30H2,2-3H3. The summed E-state index contributed by atoms with van der Waals surface area (Å²) in [6.07, 6.45) is 4.57. The van der Waals surface area contributed by atoms with Crippen molar-refractivity contribution in [3.8, 4) is 0 Å². The Hall–Kier alpha value is -4.68. The SMILES string of the molecule is C=CCOCc1ccc(N(c2ccc(COCCC)cc2)c2ccc(C=NN(c3ccccc3)c3ccc(C)cc3)c(Cl)c2)cc1. The van der Waals surface area contributed by atoms with Gasteiger partial charge in [-0.2, -0.15) is 5.10 Å². The van der Waals surface area contributed by atoms with Crippen LogP contribution < -0.4 is 9.91 Å². The fourth-order valence-electron chi connectivity index (χ4n) is 4.94. The van der Waals surface area contributed by atoms with Crippen LogP contribution in [0.25, 0.3) is 0 Å². The zero-order chi connectivity index (χ0) is 32.1. The van der Waals surface area contributed by atoms with Crippen LogP contribution in [0.4, 0.5) is 28.4 Å². The van der Waals surface area contributed by atoms with Crippen LogP contribution >= 0.6 is 11.6 Å². The predicted molar refractivity (Wildman–Crippen MR) is 193 cm³/mol. The van der Waals surface area contributed by atoms with Crippen molar-refractivity contribution in [2.75, 3.05) is 23.1 Å². The van der Waals surface area contributed by atoms with Crippen LogP contribution in [0.2, 0.25) is 5.02 Å². The van der Waals surface area contributed by atoms with Gasteiger partial charge in [0.05, 0.1) is 42.4 Å². The number of halogens is 1. The first kappa shape index (κ1) is 32.7. The molecule has 0 radical (unpaired) electrons. The first-order valence-electron chi connectivity index (χ1n) is 15.6. The average molecular weight is 630 g/mol. The molecule has 0 aromatic heterocycles. The van der Waals surface area contributed by atoms with Crippen molar-refractivity contribution in [1.29, 1.82) is 0 Å². The second-order valence-corrected chi connectivity index (χ2v) is 11.4. The molecule has 234 valence electrons. The van der Waals surface area contributed by atoms with Crippen molar-refractivity contribution in [1.82, 2.24) is 0 Å². The van der Waals surface area contributed by atoms with Crippen molar-refractivity contribution >= 4 is 46.3 Å². The van der Waals surface area contributed by atoms with Crippen LogP contribution in [0.3, 0.4) is 0 Å². The summed E-state index contributed by atoms with van der Waals surface area (Å²) < 4.78 is 11.4. The third-order valence-corrected chi connectivity index (χ3v) is 7.67. The summed E-state index contributed by atoms with van der Waals surface area (Å²) in [7, 11) is 0. The summed E-state index contributed by atoms with van der Waals surface area (Å²) in [6.45, 7) is 10.3. The van der Waals surface area contributed by atoms with E-state index in [1.165, 1.54) is 5.56 Å². The number of ether oxygens (including phenoxy) is 2. The lowest BCUT2D eigenvalue weighted by atomic mass is 10.1. The summed E-state index contributed by atoms with van der Waals surface area (Å²) in [5, 5.41) is 7.39. The molecular weight excluding hydrogens is 590 g/mol. The van der Waals surface area contributed by atoms with Crippen LogP contribution in [0.15, 0.2) is 139 Å². The van der Waals surface area contributed by atoms with Crippen molar-refractivity contribution in [3.63, 3.8) is 0 Å². The largest absolute Gasteiger partial charge is 0.377 e. The maximum Gasteiger partial charge on any atom is 0.0721 e. The van der Waals surface area contributed by atoms with E-state index >= 15 is 0 Å². The number of para-hydroxylation sites is 1. The Bertz CT molecular complexity index is 1700. The van der Waals surface area contributed by atoms with Gasteiger partial charge >= 0.3 is 0 Å². The molecule has 0 aliphatic heterocycles. The van der Waals surface area contributed by atoms with E-state index in [4.69, 9.17) is 26.2 Å². The van der Waals surface area contributed by atoms with Crippen LogP contribution in [0.5, 0.6) is 0 Å². The van der Waals surface area contributed by atoms with Crippen molar-refractivity contribution in [2.24, 2.45) is 5.10 Å². The number of hydrazone groups is 1. The minimum Gasteiger partial charge on any atom is -0.377 e. The molecule has 0 aliphatic carbocycles. The number of anilines is 5. The molecule has 0 N–H and O–H groups in total. The van der Waals surface area contributed by atoms with Crippen LogP contribution in [-0.2, 0) is 22.7 Å². The lowest BCUT2D eigenvalue weighted by molar-refractivity contribution is 0.121. The van der Waals surface area contributed by atoms with Crippen molar-refractivity contribution < 1.29 is 9.47 Å². The summed E-state index contributed by atoms with van der Waals surface area (Å²) >= 11 is 6.96. The van der Waals surface area contributed by atoms with E-state index < -0.39 is 0 Å². The van der Waals surface area contributed by atoms with Gasteiger partial charge in [-0.3, -0.25) is 0 Å². The number of benzene rings is 5. The molecule has 46 heavy (non-hydrogen) atoms. The van der Waals surface area contributed by atoms with Gasteiger partial charge < -0.3 is 14.4 Å². The molecule has 5 aromatic rings. The highest BCUT2D eigenvalue weighted by molar-refractivity contribution is 6.33. The lowest BCUT2D eigenvalue weighted by Gasteiger charge is -2.26. The quantitative estimate of drug-likeness (QED) is 0.0499. The van der Waals surface area contributed by atoms with Gasteiger partial charge in [0.25, 0.3) is 0 Å². The second kappa shape index (κ2) is 16.6. The number of rotatable bonds is 15. The molecular formula is C40H40ClN3O2. The third-order valence-electron chi connectivity index (χ3n) is 7.34. The van der Waals surface area contributed by atoms with Crippen LogP contribution in [0, 0.1) is 6.92 Å². The fraction of sp³-hybridized carbons (Fsp3) is 0.175. The number of aryl methyl sites for hydroxylation is 1. The maximum absolute atomic E-state index is 6.96.